The van der Waals surface area contributed by atoms with Gasteiger partial charge < -0.3 is 29.3 Å². The molecule has 1 N–H and O–H groups in total. The number of anilines is 2. The molecule has 5 rings (SSSR count). The molecule has 3 fully saturated rings. The van der Waals surface area contributed by atoms with Gasteiger partial charge in [-0.1, -0.05) is 19.1 Å². The Labute approximate surface area is 213 Å². The molecule has 36 heavy (non-hydrogen) atoms. The Balaban J connectivity index is 1.30. The van der Waals surface area contributed by atoms with Crippen LogP contribution in [0.3, 0.4) is 0 Å². The molecule has 0 bridgehead atoms. The zero-order valence-electron chi connectivity index (χ0n) is 21.3. The van der Waals surface area contributed by atoms with E-state index in [4.69, 9.17) is 19.2 Å². The molecule has 1 aromatic heterocycles. The molecular weight excluding hydrogens is 458 g/mol. The van der Waals surface area contributed by atoms with Crippen molar-refractivity contribution in [3.05, 3.63) is 30.5 Å². The monoisotopic (exact) mass is 495 g/mol. The summed E-state index contributed by atoms with van der Waals surface area (Å²) in [6.45, 7) is 7.40. The summed E-state index contributed by atoms with van der Waals surface area (Å²) in [5, 5.41) is 3.53. The topological polar surface area (TPSA) is 89.0 Å². The van der Waals surface area contributed by atoms with Crippen molar-refractivity contribution in [3.8, 4) is 17.0 Å². The van der Waals surface area contributed by atoms with Crippen molar-refractivity contribution in [1.29, 1.82) is 0 Å². The van der Waals surface area contributed by atoms with E-state index in [1.165, 1.54) is 25.6 Å². The number of likely N-dealkylation sites (tertiary alicyclic amines) is 1. The third-order valence-corrected chi connectivity index (χ3v) is 7.50. The van der Waals surface area contributed by atoms with Crippen LogP contribution >= 0.6 is 0 Å². The van der Waals surface area contributed by atoms with Crippen molar-refractivity contribution in [1.82, 2.24) is 14.9 Å². The summed E-state index contributed by atoms with van der Waals surface area (Å²) < 4.78 is 16.5. The van der Waals surface area contributed by atoms with Gasteiger partial charge in [-0.3, -0.25) is 0 Å². The fourth-order valence-electron chi connectivity index (χ4n) is 5.15. The van der Waals surface area contributed by atoms with E-state index in [9.17, 15) is 4.79 Å². The molecule has 2 aliphatic heterocycles. The Morgan fingerprint density at radius 1 is 1.11 bits per heavy atom. The summed E-state index contributed by atoms with van der Waals surface area (Å²) in [6.07, 6.45) is 6.30. The molecule has 0 spiro atoms. The summed E-state index contributed by atoms with van der Waals surface area (Å²) in [5.41, 5.74) is 3.08. The third-order valence-electron chi connectivity index (χ3n) is 7.50. The van der Waals surface area contributed by atoms with Crippen molar-refractivity contribution in [2.24, 2.45) is 11.8 Å². The predicted octanol–water partition coefficient (Wildman–Crippen LogP) is 4.05. The Morgan fingerprint density at radius 3 is 2.53 bits per heavy atom. The fraction of sp³-hybridized carbons (Fsp3) is 0.593. The number of methoxy groups -OCH3 is 1. The molecular formula is C27H37N5O4. The SMILES string of the molecule is COC(=O)N1CC(COc2nc(NC3CCC(C)CC3)ncc2-c2ccc(N3CCOCC3)cc2)C1. The molecule has 1 aliphatic carbocycles. The van der Waals surface area contributed by atoms with E-state index in [-0.39, 0.29) is 12.0 Å². The summed E-state index contributed by atoms with van der Waals surface area (Å²) in [7, 11) is 1.41. The van der Waals surface area contributed by atoms with Gasteiger partial charge in [0, 0.05) is 50.0 Å². The first kappa shape index (κ1) is 24.6. The molecule has 9 heteroatoms. The van der Waals surface area contributed by atoms with Crippen LogP contribution in [0.1, 0.15) is 32.6 Å². The largest absolute Gasteiger partial charge is 0.477 e. The van der Waals surface area contributed by atoms with Gasteiger partial charge in [0.2, 0.25) is 11.8 Å². The lowest BCUT2D eigenvalue weighted by atomic mass is 9.87. The molecule has 3 aliphatic rings. The molecule has 0 atom stereocenters. The smallest absolute Gasteiger partial charge is 0.409 e. The van der Waals surface area contributed by atoms with Gasteiger partial charge in [-0.05, 0) is 49.3 Å². The van der Waals surface area contributed by atoms with Gasteiger partial charge in [0.15, 0.2) is 0 Å². The van der Waals surface area contributed by atoms with Crippen LogP contribution in [-0.4, -0.2) is 80.1 Å². The summed E-state index contributed by atoms with van der Waals surface area (Å²) in [6, 6.07) is 8.88. The number of hydrogen-bond acceptors (Lipinski definition) is 8. The van der Waals surface area contributed by atoms with Gasteiger partial charge in [-0.2, -0.15) is 4.98 Å². The average molecular weight is 496 g/mol. The zero-order chi connectivity index (χ0) is 24.9. The van der Waals surface area contributed by atoms with E-state index in [1.54, 1.807) is 4.90 Å². The number of hydrogen-bond donors (Lipinski definition) is 1. The van der Waals surface area contributed by atoms with E-state index in [2.05, 4.69) is 46.4 Å². The fourth-order valence-corrected chi connectivity index (χ4v) is 5.15. The van der Waals surface area contributed by atoms with Gasteiger partial charge in [0.1, 0.15) is 0 Å². The van der Waals surface area contributed by atoms with E-state index in [1.807, 2.05) is 6.20 Å². The van der Waals surface area contributed by atoms with E-state index >= 15 is 0 Å². The highest BCUT2D eigenvalue weighted by Crippen LogP contribution is 2.32. The highest BCUT2D eigenvalue weighted by atomic mass is 16.5. The molecule has 2 aromatic rings. The van der Waals surface area contributed by atoms with Crippen molar-refractivity contribution in [3.63, 3.8) is 0 Å². The minimum Gasteiger partial charge on any atom is -0.477 e. The number of ether oxygens (including phenoxy) is 3. The van der Waals surface area contributed by atoms with E-state index < -0.39 is 0 Å². The first-order valence-electron chi connectivity index (χ1n) is 13.1. The number of carbonyl (C=O) groups excluding carboxylic acids is 1. The van der Waals surface area contributed by atoms with Crippen LogP contribution in [0.25, 0.3) is 11.1 Å². The van der Waals surface area contributed by atoms with Crippen LogP contribution in [0.15, 0.2) is 30.5 Å². The molecule has 9 nitrogen and oxygen atoms in total. The number of nitrogens with one attached hydrogen (secondary N) is 1. The highest BCUT2D eigenvalue weighted by molar-refractivity contribution is 5.71. The Kier molecular flexibility index (Phi) is 7.75. The Hall–Kier alpha value is -3.07. The van der Waals surface area contributed by atoms with Crippen molar-refractivity contribution >= 4 is 17.7 Å². The summed E-state index contributed by atoms with van der Waals surface area (Å²) >= 11 is 0. The average Bonchev–Trinajstić information content (AvgIpc) is 2.90. The first-order valence-corrected chi connectivity index (χ1v) is 13.1. The Bertz CT molecular complexity index is 1010. The van der Waals surface area contributed by atoms with E-state index in [0.29, 0.717) is 37.6 Å². The minimum absolute atomic E-state index is 0.256. The number of rotatable bonds is 7. The second kappa shape index (κ2) is 11.3. The van der Waals surface area contributed by atoms with E-state index in [0.717, 1.165) is 56.2 Å². The molecule has 3 heterocycles. The number of carbonyl (C=O) groups is 1. The minimum atomic E-state index is -0.289. The quantitative estimate of drug-likeness (QED) is 0.616. The standard InChI is InChI=1S/C27H37N5O4/c1-19-3-7-22(8-4-19)29-26-28-15-24(21-5-9-23(10-6-21)31-11-13-35-14-12-31)25(30-26)36-18-20-16-32(17-20)27(33)34-2/h5-6,9-10,15,19-20,22H,3-4,7-8,11-14,16-18H2,1-2H3,(H,28,29,30). The van der Waals surface area contributed by atoms with Crippen molar-refractivity contribution < 1.29 is 19.0 Å². The molecule has 0 radical (unpaired) electrons. The van der Waals surface area contributed by atoms with Gasteiger partial charge >= 0.3 is 6.09 Å². The molecule has 2 saturated heterocycles. The second-order valence-electron chi connectivity index (χ2n) is 10.2. The maximum Gasteiger partial charge on any atom is 0.409 e. The Morgan fingerprint density at radius 2 is 1.83 bits per heavy atom. The number of nitrogens with zero attached hydrogens (tertiary/aromatic N) is 4. The number of amides is 1. The van der Waals surface area contributed by atoms with Crippen LogP contribution < -0.4 is 15.0 Å². The normalized spacial score (nSPS) is 22.6. The van der Waals surface area contributed by atoms with Crippen LogP contribution in [0.4, 0.5) is 16.4 Å². The molecule has 0 unspecified atom stereocenters. The first-order chi connectivity index (χ1) is 17.6. The molecule has 1 amide bonds. The van der Waals surface area contributed by atoms with Crippen LogP contribution in [0.5, 0.6) is 5.88 Å². The zero-order valence-corrected chi connectivity index (χ0v) is 21.3. The lowest BCUT2D eigenvalue weighted by Crippen LogP contribution is -2.52. The van der Waals surface area contributed by atoms with Crippen LogP contribution in [0.2, 0.25) is 0 Å². The van der Waals surface area contributed by atoms with Crippen LogP contribution in [0, 0.1) is 11.8 Å². The van der Waals surface area contributed by atoms with Gasteiger partial charge in [-0.25, -0.2) is 9.78 Å². The second-order valence-corrected chi connectivity index (χ2v) is 10.2. The predicted molar refractivity (Wildman–Crippen MR) is 139 cm³/mol. The summed E-state index contributed by atoms with van der Waals surface area (Å²) in [5.74, 6) is 2.24. The molecule has 1 saturated carbocycles. The van der Waals surface area contributed by atoms with Gasteiger partial charge in [-0.15, -0.1) is 0 Å². The van der Waals surface area contributed by atoms with Crippen LogP contribution in [-0.2, 0) is 9.47 Å². The lowest BCUT2D eigenvalue weighted by Gasteiger charge is -2.37. The maximum atomic E-state index is 11.7. The molecule has 1 aromatic carbocycles. The maximum absolute atomic E-state index is 11.7. The number of benzene rings is 1. The number of aromatic nitrogens is 2. The lowest BCUT2D eigenvalue weighted by molar-refractivity contribution is 0.0475. The number of morpholine rings is 1. The third kappa shape index (κ3) is 5.83. The van der Waals surface area contributed by atoms with Crippen molar-refractivity contribution in [2.45, 2.75) is 38.6 Å². The van der Waals surface area contributed by atoms with Crippen molar-refractivity contribution in [2.75, 3.05) is 63.3 Å². The molecule has 194 valence electrons. The van der Waals surface area contributed by atoms with Gasteiger partial charge in [0.25, 0.3) is 0 Å². The van der Waals surface area contributed by atoms with Gasteiger partial charge in [0.05, 0.1) is 32.5 Å². The summed E-state index contributed by atoms with van der Waals surface area (Å²) in [4.78, 5) is 25.1. The highest BCUT2D eigenvalue weighted by Gasteiger charge is 2.32.